The van der Waals surface area contributed by atoms with E-state index in [1.54, 1.807) is 6.07 Å². The van der Waals surface area contributed by atoms with Crippen molar-refractivity contribution in [1.29, 1.82) is 0 Å². The van der Waals surface area contributed by atoms with Crippen LogP contribution in [0, 0.1) is 6.92 Å². The van der Waals surface area contributed by atoms with Crippen LogP contribution in [0.1, 0.15) is 25.1 Å². The highest BCUT2D eigenvalue weighted by atomic mass is 16.5. The molecule has 1 fully saturated rings. The summed E-state index contributed by atoms with van der Waals surface area (Å²) in [6, 6.07) is 23.6. The van der Waals surface area contributed by atoms with Crippen LogP contribution in [0.4, 0.5) is 11.5 Å². The van der Waals surface area contributed by atoms with Crippen LogP contribution in [-0.2, 0) is 11.3 Å². The molecule has 1 N–H and O–H groups in total. The van der Waals surface area contributed by atoms with Gasteiger partial charge in [0.05, 0.1) is 17.6 Å². The van der Waals surface area contributed by atoms with Crippen LogP contribution in [-0.4, -0.2) is 39.7 Å². The van der Waals surface area contributed by atoms with E-state index in [1.165, 1.54) is 0 Å². The summed E-state index contributed by atoms with van der Waals surface area (Å²) in [7, 11) is 0. The average molecular weight is 455 g/mol. The second-order valence-corrected chi connectivity index (χ2v) is 9.11. The maximum absolute atomic E-state index is 13.3. The summed E-state index contributed by atoms with van der Waals surface area (Å²) >= 11 is 0. The molecule has 0 radical (unpaired) electrons. The van der Waals surface area contributed by atoms with Gasteiger partial charge in [0.15, 0.2) is 5.43 Å². The lowest BCUT2D eigenvalue weighted by Gasteiger charge is -2.35. The second kappa shape index (κ2) is 9.41. The van der Waals surface area contributed by atoms with Crippen LogP contribution in [0.15, 0.2) is 77.6 Å². The Kier molecular flexibility index (Phi) is 6.18. The fraction of sp³-hybridized carbons (Fsp3) is 0.286. The van der Waals surface area contributed by atoms with Crippen LogP contribution >= 0.6 is 0 Å². The topological polar surface area (TPSA) is 59.4 Å². The molecule has 0 spiro atoms. The van der Waals surface area contributed by atoms with E-state index in [9.17, 15) is 4.79 Å². The predicted molar refractivity (Wildman–Crippen MR) is 137 cm³/mol. The lowest BCUT2D eigenvalue weighted by Crippen LogP contribution is -2.44. The monoisotopic (exact) mass is 454 g/mol. The SMILES string of the molecule is Cc1nc2c(cc1CN1C[C@@H](C)O[C@@H](C)C1)c(=O)cc(Nc1ccccc1)n2-c1ccccc1. The summed E-state index contributed by atoms with van der Waals surface area (Å²) in [5, 5.41) is 4.04. The third kappa shape index (κ3) is 4.60. The Balaban J connectivity index is 1.62. The summed E-state index contributed by atoms with van der Waals surface area (Å²) in [5.74, 6) is 0.686. The standard InChI is InChI=1S/C28H30N4O2/c1-19-16-31(17-20(2)34-19)18-22-14-25-26(33)15-27(30-23-10-6-4-7-11-23)32(28(25)29-21(22)3)24-12-8-5-9-13-24/h4-15,19-20,30H,16-18H2,1-3H3/t19-,20+. The van der Waals surface area contributed by atoms with Gasteiger partial charge < -0.3 is 10.1 Å². The summed E-state index contributed by atoms with van der Waals surface area (Å²) in [4.78, 5) is 20.7. The molecule has 0 bridgehead atoms. The maximum atomic E-state index is 13.3. The first-order chi connectivity index (χ1) is 16.5. The Bertz CT molecular complexity index is 1340. The van der Waals surface area contributed by atoms with E-state index in [2.05, 4.69) is 24.1 Å². The van der Waals surface area contributed by atoms with E-state index in [0.29, 0.717) is 16.9 Å². The van der Waals surface area contributed by atoms with E-state index in [-0.39, 0.29) is 17.6 Å². The van der Waals surface area contributed by atoms with Crippen molar-refractivity contribution in [3.63, 3.8) is 0 Å². The van der Waals surface area contributed by atoms with Gasteiger partial charge in [0.25, 0.3) is 0 Å². The zero-order chi connectivity index (χ0) is 23.7. The summed E-state index contributed by atoms with van der Waals surface area (Å²) in [6.07, 6.45) is 0.388. The highest BCUT2D eigenvalue weighted by Gasteiger charge is 2.23. The van der Waals surface area contributed by atoms with Gasteiger partial charge in [-0.2, -0.15) is 0 Å². The Morgan fingerprint density at radius 1 is 0.971 bits per heavy atom. The largest absolute Gasteiger partial charge is 0.373 e. The summed E-state index contributed by atoms with van der Waals surface area (Å²) in [5.41, 5.74) is 4.48. The molecule has 5 rings (SSSR count). The molecule has 3 heterocycles. The minimum Gasteiger partial charge on any atom is -0.373 e. The van der Waals surface area contributed by atoms with Crippen LogP contribution in [0.3, 0.4) is 0 Å². The maximum Gasteiger partial charge on any atom is 0.193 e. The number of hydrogen-bond acceptors (Lipinski definition) is 5. The van der Waals surface area contributed by atoms with Crippen LogP contribution < -0.4 is 10.7 Å². The highest BCUT2D eigenvalue weighted by molar-refractivity contribution is 5.81. The highest BCUT2D eigenvalue weighted by Crippen LogP contribution is 2.26. The van der Waals surface area contributed by atoms with Crippen molar-refractivity contribution in [2.24, 2.45) is 0 Å². The third-order valence-corrected chi connectivity index (χ3v) is 6.23. The zero-order valence-corrected chi connectivity index (χ0v) is 19.9. The van der Waals surface area contributed by atoms with Gasteiger partial charge in [-0.1, -0.05) is 36.4 Å². The van der Waals surface area contributed by atoms with Gasteiger partial charge in [-0.25, -0.2) is 4.98 Å². The molecule has 0 unspecified atom stereocenters. The number of rotatable bonds is 5. The molecule has 2 atom stereocenters. The normalized spacial score (nSPS) is 18.8. The molecule has 6 heteroatoms. The van der Waals surface area contributed by atoms with Crippen molar-refractivity contribution < 1.29 is 4.74 Å². The number of ether oxygens (including phenoxy) is 1. The number of hydrogen-bond donors (Lipinski definition) is 1. The number of anilines is 2. The number of para-hydroxylation sites is 2. The third-order valence-electron chi connectivity index (χ3n) is 6.23. The predicted octanol–water partition coefficient (Wildman–Crippen LogP) is 5.05. The Labute approximate surface area is 199 Å². The lowest BCUT2D eigenvalue weighted by molar-refractivity contribution is -0.0705. The number of nitrogens with one attached hydrogen (secondary N) is 1. The molecule has 6 nitrogen and oxygen atoms in total. The number of morpholine rings is 1. The number of aromatic nitrogens is 2. The smallest absolute Gasteiger partial charge is 0.193 e. The van der Waals surface area contributed by atoms with Crippen LogP contribution in [0.5, 0.6) is 0 Å². The number of fused-ring (bicyclic) bond motifs is 1. The molecule has 4 aromatic rings. The van der Waals surface area contributed by atoms with Gasteiger partial charge in [0.2, 0.25) is 0 Å². The van der Waals surface area contributed by atoms with Crippen molar-refractivity contribution in [2.45, 2.75) is 39.5 Å². The number of nitrogens with zero attached hydrogens (tertiary/aromatic N) is 3. The van der Waals surface area contributed by atoms with Crippen molar-refractivity contribution in [2.75, 3.05) is 18.4 Å². The minimum absolute atomic E-state index is 0.0434. The van der Waals surface area contributed by atoms with Gasteiger partial charge >= 0.3 is 0 Å². The number of benzene rings is 2. The lowest BCUT2D eigenvalue weighted by atomic mass is 10.1. The molecule has 2 aromatic heterocycles. The van der Waals surface area contributed by atoms with Gasteiger partial charge in [-0.15, -0.1) is 0 Å². The molecular weight excluding hydrogens is 424 g/mol. The van der Waals surface area contributed by atoms with E-state index in [4.69, 9.17) is 9.72 Å². The summed E-state index contributed by atoms with van der Waals surface area (Å²) in [6.45, 7) is 8.73. The van der Waals surface area contributed by atoms with E-state index in [1.807, 2.05) is 78.2 Å². The van der Waals surface area contributed by atoms with Crippen molar-refractivity contribution >= 4 is 22.5 Å². The first-order valence-electron chi connectivity index (χ1n) is 11.8. The van der Waals surface area contributed by atoms with Crippen molar-refractivity contribution in [3.05, 3.63) is 94.3 Å². The molecule has 2 aromatic carbocycles. The van der Waals surface area contributed by atoms with E-state index >= 15 is 0 Å². The quantitative estimate of drug-likeness (QED) is 0.457. The molecule has 1 aliphatic heterocycles. The Morgan fingerprint density at radius 3 is 2.29 bits per heavy atom. The Morgan fingerprint density at radius 2 is 1.62 bits per heavy atom. The second-order valence-electron chi connectivity index (χ2n) is 9.11. The van der Waals surface area contributed by atoms with Gasteiger partial charge in [0.1, 0.15) is 11.5 Å². The number of pyridine rings is 2. The summed E-state index contributed by atoms with van der Waals surface area (Å²) < 4.78 is 7.91. The molecule has 1 saturated heterocycles. The fourth-order valence-electron chi connectivity index (χ4n) is 4.78. The fourth-order valence-corrected chi connectivity index (χ4v) is 4.78. The first-order valence-corrected chi connectivity index (χ1v) is 11.8. The molecule has 34 heavy (non-hydrogen) atoms. The van der Waals surface area contributed by atoms with E-state index < -0.39 is 0 Å². The molecular formula is C28H30N4O2. The van der Waals surface area contributed by atoms with Crippen molar-refractivity contribution in [1.82, 2.24) is 14.5 Å². The molecule has 0 aliphatic carbocycles. The molecule has 1 aliphatic rings. The van der Waals surface area contributed by atoms with Gasteiger partial charge in [-0.3, -0.25) is 14.3 Å². The van der Waals surface area contributed by atoms with Crippen LogP contribution in [0.2, 0.25) is 0 Å². The van der Waals surface area contributed by atoms with Gasteiger partial charge in [-0.05, 0) is 56.7 Å². The Hall–Kier alpha value is -3.48. The molecule has 0 amide bonds. The number of aryl methyl sites for hydroxylation is 1. The van der Waals surface area contributed by atoms with Crippen molar-refractivity contribution in [3.8, 4) is 5.69 Å². The van der Waals surface area contributed by atoms with E-state index in [0.717, 1.165) is 42.3 Å². The average Bonchev–Trinajstić information content (AvgIpc) is 2.81. The first kappa shape index (κ1) is 22.3. The van der Waals surface area contributed by atoms with Crippen LogP contribution in [0.25, 0.3) is 16.7 Å². The van der Waals surface area contributed by atoms with Gasteiger partial charge in [0, 0.05) is 42.8 Å². The molecule has 174 valence electrons. The minimum atomic E-state index is -0.0434. The molecule has 0 saturated carbocycles. The zero-order valence-electron chi connectivity index (χ0n) is 19.9.